The SMILES string of the molecule is CC(C)NC(=O)NCc1ccc(C(=O)N2CCN(c3ccc(F)cc3)CC2)cc1. The summed E-state index contributed by atoms with van der Waals surface area (Å²) in [5.41, 5.74) is 2.54. The van der Waals surface area contributed by atoms with Crippen LogP contribution in [0.3, 0.4) is 0 Å². The van der Waals surface area contributed by atoms with Gasteiger partial charge in [-0.25, -0.2) is 9.18 Å². The molecule has 1 aliphatic heterocycles. The molecule has 0 bridgehead atoms. The molecule has 2 aromatic rings. The second-order valence-electron chi connectivity index (χ2n) is 7.43. The van der Waals surface area contributed by atoms with Crippen molar-refractivity contribution < 1.29 is 14.0 Å². The van der Waals surface area contributed by atoms with E-state index in [0.29, 0.717) is 38.3 Å². The van der Waals surface area contributed by atoms with Crippen LogP contribution in [0.2, 0.25) is 0 Å². The monoisotopic (exact) mass is 398 g/mol. The number of halogens is 1. The van der Waals surface area contributed by atoms with Gasteiger partial charge in [-0.3, -0.25) is 4.79 Å². The third kappa shape index (κ3) is 5.70. The van der Waals surface area contributed by atoms with E-state index >= 15 is 0 Å². The molecule has 2 aromatic carbocycles. The van der Waals surface area contributed by atoms with Gasteiger partial charge in [-0.1, -0.05) is 12.1 Å². The summed E-state index contributed by atoms with van der Waals surface area (Å²) in [6.07, 6.45) is 0. The number of anilines is 1. The molecule has 0 spiro atoms. The lowest BCUT2D eigenvalue weighted by molar-refractivity contribution is 0.0746. The molecule has 1 aliphatic rings. The van der Waals surface area contributed by atoms with E-state index in [2.05, 4.69) is 15.5 Å². The molecule has 3 amide bonds. The van der Waals surface area contributed by atoms with Gasteiger partial charge < -0.3 is 20.4 Å². The van der Waals surface area contributed by atoms with Crippen molar-refractivity contribution in [3.63, 3.8) is 0 Å². The Hall–Kier alpha value is -3.09. The van der Waals surface area contributed by atoms with Crippen molar-refractivity contribution in [2.24, 2.45) is 0 Å². The van der Waals surface area contributed by atoms with Gasteiger partial charge in [-0.15, -0.1) is 0 Å². The largest absolute Gasteiger partial charge is 0.368 e. The van der Waals surface area contributed by atoms with Gasteiger partial charge in [0.15, 0.2) is 0 Å². The van der Waals surface area contributed by atoms with Gasteiger partial charge in [0.25, 0.3) is 5.91 Å². The summed E-state index contributed by atoms with van der Waals surface area (Å²) in [6.45, 7) is 6.88. The Labute approximate surface area is 170 Å². The van der Waals surface area contributed by atoms with E-state index in [-0.39, 0.29) is 23.8 Å². The quantitative estimate of drug-likeness (QED) is 0.814. The lowest BCUT2D eigenvalue weighted by atomic mass is 10.1. The maximum Gasteiger partial charge on any atom is 0.315 e. The van der Waals surface area contributed by atoms with Gasteiger partial charge in [0, 0.05) is 50.0 Å². The minimum Gasteiger partial charge on any atom is -0.368 e. The van der Waals surface area contributed by atoms with Crippen LogP contribution >= 0.6 is 0 Å². The van der Waals surface area contributed by atoms with Crippen LogP contribution in [0.25, 0.3) is 0 Å². The maximum absolute atomic E-state index is 13.1. The van der Waals surface area contributed by atoms with Crippen LogP contribution in [-0.4, -0.2) is 49.1 Å². The van der Waals surface area contributed by atoms with E-state index < -0.39 is 0 Å². The van der Waals surface area contributed by atoms with Gasteiger partial charge in [0.05, 0.1) is 0 Å². The number of amides is 3. The molecule has 0 atom stereocenters. The third-order valence-electron chi connectivity index (χ3n) is 4.83. The van der Waals surface area contributed by atoms with Crippen LogP contribution in [0.1, 0.15) is 29.8 Å². The first-order chi connectivity index (χ1) is 13.9. The number of benzene rings is 2. The smallest absolute Gasteiger partial charge is 0.315 e. The number of carbonyl (C=O) groups is 2. The van der Waals surface area contributed by atoms with Crippen molar-refractivity contribution in [2.75, 3.05) is 31.1 Å². The average Bonchev–Trinajstić information content (AvgIpc) is 2.72. The maximum atomic E-state index is 13.1. The van der Waals surface area contributed by atoms with Crippen molar-refractivity contribution in [3.8, 4) is 0 Å². The Balaban J connectivity index is 1.50. The van der Waals surface area contributed by atoms with E-state index in [1.165, 1.54) is 12.1 Å². The van der Waals surface area contributed by atoms with Crippen LogP contribution in [-0.2, 0) is 6.54 Å². The minimum absolute atomic E-state index is 0.000756. The molecule has 3 rings (SSSR count). The molecule has 0 saturated carbocycles. The van der Waals surface area contributed by atoms with Crippen LogP contribution in [0.15, 0.2) is 48.5 Å². The molecule has 0 unspecified atom stereocenters. The first-order valence-electron chi connectivity index (χ1n) is 9.85. The van der Waals surface area contributed by atoms with Crippen LogP contribution < -0.4 is 15.5 Å². The number of carbonyl (C=O) groups excluding carboxylic acids is 2. The molecule has 0 aliphatic carbocycles. The summed E-state index contributed by atoms with van der Waals surface area (Å²) in [5.74, 6) is -0.248. The third-order valence-corrected chi connectivity index (χ3v) is 4.83. The van der Waals surface area contributed by atoms with E-state index in [4.69, 9.17) is 0 Å². The average molecular weight is 398 g/mol. The number of hydrogen-bond donors (Lipinski definition) is 2. The van der Waals surface area contributed by atoms with Gasteiger partial charge in [-0.05, 0) is 55.8 Å². The van der Waals surface area contributed by atoms with E-state index in [9.17, 15) is 14.0 Å². The van der Waals surface area contributed by atoms with Crippen molar-refractivity contribution in [3.05, 3.63) is 65.5 Å². The van der Waals surface area contributed by atoms with Crippen molar-refractivity contribution in [1.82, 2.24) is 15.5 Å². The fourth-order valence-electron chi connectivity index (χ4n) is 3.26. The molecule has 1 fully saturated rings. The Bertz CT molecular complexity index is 829. The fraction of sp³-hybridized carbons (Fsp3) is 0.364. The van der Waals surface area contributed by atoms with Crippen LogP contribution in [0.4, 0.5) is 14.9 Å². The van der Waals surface area contributed by atoms with E-state index in [1.54, 1.807) is 24.3 Å². The molecule has 2 N–H and O–H groups in total. The molecule has 1 saturated heterocycles. The summed E-state index contributed by atoms with van der Waals surface area (Å²) >= 11 is 0. The van der Waals surface area contributed by atoms with Crippen molar-refractivity contribution in [1.29, 1.82) is 0 Å². The van der Waals surface area contributed by atoms with Crippen LogP contribution in [0, 0.1) is 5.82 Å². The van der Waals surface area contributed by atoms with Gasteiger partial charge in [0.2, 0.25) is 0 Å². The fourth-order valence-corrected chi connectivity index (χ4v) is 3.26. The highest BCUT2D eigenvalue weighted by Gasteiger charge is 2.22. The number of piperazine rings is 1. The lowest BCUT2D eigenvalue weighted by Crippen LogP contribution is -2.48. The van der Waals surface area contributed by atoms with E-state index in [0.717, 1.165) is 11.3 Å². The minimum atomic E-state index is -0.248. The Morgan fingerprint density at radius 1 is 0.966 bits per heavy atom. The highest BCUT2D eigenvalue weighted by atomic mass is 19.1. The normalized spacial score (nSPS) is 14.1. The molecule has 0 radical (unpaired) electrons. The first kappa shape index (κ1) is 20.6. The Morgan fingerprint density at radius 2 is 1.59 bits per heavy atom. The highest BCUT2D eigenvalue weighted by Crippen LogP contribution is 2.18. The molecular formula is C22H27FN4O2. The summed E-state index contributed by atoms with van der Waals surface area (Å²) in [6, 6.07) is 13.6. The molecule has 0 aromatic heterocycles. The van der Waals surface area contributed by atoms with Gasteiger partial charge in [-0.2, -0.15) is 0 Å². The van der Waals surface area contributed by atoms with Gasteiger partial charge >= 0.3 is 6.03 Å². The number of nitrogens with zero attached hydrogens (tertiary/aromatic N) is 2. The molecular weight excluding hydrogens is 371 g/mol. The summed E-state index contributed by atoms with van der Waals surface area (Å²) in [5, 5.41) is 5.56. The standard InChI is InChI=1S/C22H27FN4O2/c1-16(2)25-22(29)24-15-17-3-5-18(6-4-17)21(28)27-13-11-26(12-14-27)20-9-7-19(23)8-10-20/h3-10,16H,11-15H2,1-2H3,(H2,24,25,29). The molecule has 7 heteroatoms. The van der Waals surface area contributed by atoms with E-state index in [1.807, 2.05) is 30.9 Å². The predicted octanol–water partition coefficient (Wildman–Crippen LogP) is 3.00. The number of rotatable bonds is 5. The first-order valence-corrected chi connectivity index (χ1v) is 9.85. The zero-order valence-electron chi connectivity index (χ0n) is 16.8. The molecule has 154 valence electrons. The molecule has 1 heterocycles. The number of urea groups is 1. The number of nitrogens with one attached hydrogen (secondary N) is 2. The molecule has 29 heavy (non-hydrogen) atoms. The Kier molecular flexibility index (Phi) is 6.69. The van der Waals surface area contributed by atoms with Crippen LogP contribution in [0.5, 0.6) is 0 Å². The second kappa shape index (κ2) is 9.41. The highest BCUT2D eigenvalue weighted by molar-refractivity contribution is 5.94. The summed E-state index contributed by atoms with van der Waals surface area (Å²) < 4.78 is 13.1. The predicted molar refractivity (Wildman–Crippen MR) is 111 cm³/mol. The van der Waals surface area contributed by atoms with Gasteiger partial charge in [0.1, 0.15) is 5.82 Å². The summed E-state index contributed by atoms with van der Waals surface area (Å²) in [4.78, 5) is 28.4. The summed E-state index contributed by atoms with van der Waals surface area (Å²) in [7, 11) is 0. The van der Waals surface area contributed by atoms with Crippen molar-refractivity contribution in [2.45, 2.75) is 26.4 Å². The zero-order valence-corrected chi connectivity index (χ0v) is 16.8. The Morgan fingerprint density at radius 3 is 2.17 bits per heavy atom. The topological polar surface area (TPSA) is 64.7 Å². The lowest BCUT2D eigenvalue weighted by Gasteiger charge is -2.36. The zero-order chi connectivity index (χ0) is 20.8. The molecule has 6 nitrogen and oxygen atoms in total. The second-order valence-corrected chi connectivity index (χ2v) is 7.43. The van der Waals surface area contributed by atoms with Crippen molar-refractivity contribution >= 4 is 17.6 Å². The number of hydrogen-bond acceptors (Lipinski definition) is 3.